The first-order chi connectivity index (χ1) is 9.06. The summed E-state index contributed by atoms with van der Waals surface area (Å²) in [5.41, 5.74) is 1.04. The molecule has 1 aliphatic rings. The Morgan fingerprint density at radius 2 is 2.32 bits per heavy atom. The summed E-state index contributed by atoms with van der Waals surface area (Å²) in [6.07, 6.45) is 5.53. The lowest BCUT2D eigenvalue weighted by atomic mass is 10.2. The van der Waals surface area contributed by atoms with Gasteiger partial charge in [-0.25, -0.2) is 4.79 Å². The molecule has 0 aliphatic heterocycles. The summed E-state index contributed by atoms with van der Waals surface area (Å²) in [7, 11) is 0. The van der Waals surface area contributed by atoms with Crippen LogP contribution in [-0.4, -0.2) is 28.6 Å². The molecule has 4 heteroatoms. The number of hydrogen-bond acceptors (Lipinski definition) is 3. The summed E-state index contributed by atoms with van der Waals surface area (Å²) in [6, 6.07) is 2.74. The molecule has 1 heterocycles. The fraction of sp³-hybridized carbons (Fsp3) is 0.533. The van der Waals surface area contributed by atoms with E-state index in [1.54, 1.807) is 17.4 Å². The molecule has 0 saturated heterocycles. The quantitative estimate of drug-likeness (QED) is 0.777. The first-order valence-corrected chi connectivity index (χ1v) is 7.65. The van der Waals surface area contributed by atoms with E-state index in [-0.39, 0.29) is 0 Å². The van der Waals surface area contributed by atoms with Gasteiger partial charge in [0.2, 0.25) is 0 Å². The van der Waals surface area contributed by atoms with E-state index in [1.807, 2.05) is 11.4 Å². The van der Waals surface area contributed by atoms with Crippen LogP contribution in [-0.2, 0) is 11.3 Å². The van der Waals surface area contributed by atoms with E-state index in [2.05, 4.69) is 18.7 Å². The minimum Gasteiger partial charge on any atom is -0.478 e. The Morgan fingerprint density at radius 3 is 2.89 bits per heavy atom. The van der Waals surface area contributed by atoms with Crippen LogP contribution >= 0.6 is 11.3 Å². The fourth-order valence-electron chi connectivity index (χ4n) is 2.22. The summed E-state index contributed by atoms with van der Waals surface area (Å²) < 4.78 is 0. The first kappa shape index (κ1) is 14.3. The zero-order valence-corrected chi connectivity index (χ0v) is 12.3. The van der Waals surface area contributed by atoms with Crippen LogP contribution in [0.3, 0.4) is 0 Å². The predicted octanol–water partition coefficient (Wildman–Crippen LogP) is 3.47. The monoisotopic (exact) mass is 279 g/mol. The van der Waals surface area contributed by atoms with Crippen molar-refractivity contribution in [3.05, 3.63) is 28.0 Å². The van der Waals surface area contributed by atoms with Gasteiger partial charge in [0, 0.05) is 30.1 Å². The lowest BCUT2D eigenvalue weighted by molar-refractivity contribution is -0.131. The molecule has 1 aliphatic carbocycles. The highest BCUT2D eigenvalue weighted by atomic mass is 32.1. The minimum atomic E-state index is -0.890. The van der Waals surface area contributed by atoms with Gasteiger partial charge in [-0.3, -0.25) is 4.90 Å². The number of carbonyl (C=O) groups is 1. The highest BCUT2D eigenvalue weighted by Gasteiger charge is 2.29. The van der Waals surface area contributed by atoms with Gasteiger partial charge < -0.3 is 5.11 Å². The first-order valence-electron chi connectivity index (χ1n) is 6.77. The Kier molecular flexibility index (Phi) is 4.77. The van der Waals surface area contributed by atoms with E-state index in [1.165, 1.54) is 23.8 Å². The van der Waals surface area contributed by atoms with Crippen molar-refractivity contribution in [1.82, 2.24) is 4.90 Å². The third kappa shape index (κ3) is 4.48. The number of aliphatic carboxylic acids is 1. The SMILES string of the molecule is CC(C)CN(Cc1sccc1C=CC(=O)O)C1CC1. The lowest BCUT2D eigenvalue weighted by Crippen LogP contribution is -2.29. The highest BCUT2D eigenvalue weighted by Crippen LogP contribution is 2.31. The van der Waals surface area contributed by atoms with Crippen molar-refractivity contribution in [2.45, 2.75) is 39.3 Å². The number of thiophene rings is 1. The van der Waals surface area contributed by atoms with Crippen LogP contribution in [0.5, 0.6) is 0 Å². The molecule has 0 spiro atoms. The number of carboxylic acids is 1. The van der Waals surface area contributed by atoms with Gasteiger partial charge in [0.05, 0.1) is 0 Å². The number of carboxylic acid groups (broad SMARTS) is 1. The summed E-state index contributed by atoms with van der Waals surface area (Å²) in [5.74, 6) is -0.225. The minimum absolute atomic E-state index is 0.665. The average molecular weight is 279 g/mol. The maximum atomic E-state index is 10.6. The average Bonchev–Trinajstić information content (AvgIpc) is 3.07. The molecule has 1 saturated carbocycles. The molecule has 0 bridgehead atoms. The van der Waals surface area contributed by atoms with Crippen molar-refractivity contribution in [2.75, 3.05) is 6.54 Å². The molecule has 1 aromatic rings. The maximum Gasteiger partial charge on any atom is 0.328 e. The van der Waals surface area contributed by atoms with Crippen molar-refractivity contribution in [3.8, 4) is 0 Å². The number of nitrogens with zero attached hydrogens (tertiary/aromatic N) is 1. The maximum absolute atomic E-state index is 10.6. The van der Waals surface area contributed by atoms with Crippen LogP contribution in [0, 0.1) is 5.92 Å². The molecule has 2 rings (SSSR count). The Balaban J connectivity index is 2.04. The fourth-order valence-corrected chi connectivity index (χ4v) is 3.12. The van der Waals surface area contributed by atoms with Crippen LogP contribution in [0.25, 0.3) is 6.08 Å². The van der Waals surface area contributed by atoms with E-state index >= 15 is 0 Å². The molecule has 0 unspecified atom stereocenters. The molecule has 0 amide bonds. The number of hydrogen-bond donors (Lipinski definition) is 1. The van der Waals surface area contributed by atoms with Crippen molar-refractivity contribution >= 4 is 23.4 Å². The zero-order valence-electron chi connectivity index (χ0n) is 11.5. The molecule has 104 valence electrons. The van der Waals surface area contributed by atoms with Crippen LogP contribution in [0.15, 0.2) is 17.5 Å². The highest BCUT2D eigenvalue weighted by molar-refractivity contribution is 7.10. The molecule has 19 heavy (non-hydrogen) atoms. The van der Waals surface area contributed by atoms with Gasteiger partial charge >= 0.3 is 5.97 Å². The van der Waals surface area contributed by atoms with Crippen molar-refractivity contribution < 1.29 is 9.90 Å². The third-order valence-corrected chi connectivity index (χ3v) is 4.12. The molecule has 0 aromatic carbocycles. The number of rotatable bonds is 7. The zero-order chi connectivity index (χ0) is 13.8. The smallest absolute Gasteiger partial charge is 0.328 e. The van der Waals surface area contributed by atoms with Gasteiger partial charge in [0.25, 0.3) is 0 Å². The molecule has 1 fully saturated rings. The van der Waals surface area contributed by atoms with E-state index in [9.17, 15) is 4.79 Å². The lowest BCUT2D eigenvalue weighted by Gasteiger charge is -2.23. The summed E-state index contributed by atoms with van der Waals surface area (Å²) in [4.78, 5) is 14.4. The normalized spacial score (nSPS) is 15.8. The van der Waals surface area contributed by atoms with E-state index in [4.69, 9.17) is 5.11 Å². The molecule has 0 radical (unpaired) electrons. The summed E-state index contributed by atoms with van der Waals surface area (Å²) in [5, 5.41) is 10.7. The molecular formula is C15H21NO2S. The van der Waals surface area contributed by atoms with Gasteiger partial charge in [-0.05, 0) is 41.8 Å². The van der Waals surface area contributed by atoms with Gasteiger partial charge in [-0.1, -0.05) is 13.8 Å². The third-order valence-electron chi connectivity index (χ3n) is 3.19. The second-order valence-electron chi connectivity index (χ2n) is 5.53. The van der Waals surface area contributed by atoms with E-state index < -0.39 is 5.97 Å². The largest absolute Gasteiger partial charge is 0.478 e. The molecule has 0 atom stereocenters. The Morgan fingerprint density at radius 1 is 1.58 bits per heavy atom. The van der Waals surface area contributed by atoms with Crippen molar-refractivity contribution in [3.63, 3.8) is 0 Å². The standard InChI is InChI=1S/C15H21NO2S/c1-11(2)9-16(13-4-5-13)10-14-12(7-8-19-14)3-6-15(17)18/h3,6-8,11,13H,4-5,9-10H2,1-2H3,(H,17,18). The summed E-state index contributed by atoms with van der Waals surface area (Å²) in [6.45, 7) is 6.55. The van der Waals surface area contributed by atoms with E-state index in [0.29, 0.717) is 5.92 Å². The Hall–Kier alpha value is -1.13. The van der Waals surface area contributed by atoms with Gasteiger partial charge in [-0.15, -0.1) is 11.3 Å². The van der Waals surface area contributed by atoms with Crippen molar-refractivity contribution in [1.29, 1.82) is 0 Å². The van der Waals surface area contributed by atoms with Crippen molar-refractivity contribution in [2.24, 2.45) is 5.92 Å². The van der Waals surface area contributed by atoms with Crippen LogP contribution in [0.1, 0.15) is 37.1 Å². The predicted molar refractivity (Wildman–Crippen MR) is 79.3 cm³/mol. The Labute approximate surface area is 118 Å². The second-order valence-corrected chi connectivity index (χ2v) is 6.53. The summed E-state index contributed by atoms with van der Waals surface area (Å²) >= 11 is 1.72. The second kappa shape index (κ2) is 6.35. The molecule has 3 nitrogen and oxygen atoms in total. The van der Waals surface area contributed by atoms with Gasteiger partial charge in [0.15, 0.2) is 0 Å². The van der Waals surface area contributed by atoms with Crippen LogP contribution in [0.2, 0.25) is 0 Å². The van der Waals surface area contributed by atoms with Gasteiger partial charge in [0.1, 0.15) is 0 Å². The van der Waals surface area contributed by atoms with Crippen LogP contribution < -0.4 is 0 Å². The molecule has 1 N–H and O–H groups in total. The molecule has 1 aromatic heterocycles. The topological polar surface area (TPSA) is 40.5 Å². The Bertz CT molecular complexity index is 460. The van der Waals surface area contributed by atoms with E-state index in [0.717, 1.165) is 24.7 Å². The van der Waals surface area contributed by atoms with Gasteiger partial charge in [-0.2, -0.15) is 0 Å². The molecular weight excluding hydrogens is 258 g/mol. The van der Waals surface area contributed by atoms with Crippen LogP contribution in [0.4, 0.5) is 0 Å².